The molecule has 4 nitrogen and oxygen atoms in total. The van der Waals surface area contributed by atoms with Gasteiger partial charge in [0.1, 0.15) is 0 Å². The minimum Gasteiger partial charge on any atom is -0.478 e. The summed E-state index contributed by atoms with van der Waals surface area (Å²) in [5.41, 5.74) is -0.0315. The van der Waals surface area contributed by atoms with Gasteiger partial charge in [0, 0.05) is 10.2 Å². The average molecular weight is 339 g/mol. The summed E-state index contributed by atoms with van der Waals surface area (Å²) in [5.74, 6) is -0.666. The molecule has 0 aliphatic rings. The average Bonchev–Trinajstić information content (AvgIpc) is 2.26. The molecule has 0 heterocycles. The molecule has 0 atom stereocenters. The molecular weight excluding hydrogens is 328 g/mol. The smallest absolute Gasteiger partial charge is 0.335 e. The quantitative estimate of drug-likeness (QED) is 0.891. The third-order valence-corrected chi connectivity index (χ3v) is 5.64. The SMILES string of the molecule is CSCCS(=O)(=O)c1cc(C(=O)O)ccc1Br. The van der Waals surface area contributed by atoms with E-state index < -0.39 is 15.8 Å². The molecule has 0 radical (unpaired) electrons. The number of aromatic carboxylic acids is 1. The topological polar surface area (TPSA) is 71.4 Å². The molecule has 0 aliphatic carbocycles. The van der Waals surface area contributed by atoms with E-state index in [9.17, 15) is 13.2 Å². The monoisotopic (exact) mass is 338 g/mol. The molecule has 0 saturated heterocycles. The van der Waals surface area contributed by atoms with E-state index in [-0.39, 0.29) is 16.2 Å². The standard InChI is InChI=1S/C10H11BrO4S2/c1-16-4-5-17(14,15)9-6-7(10(12)13)2-3-8(9)11/h2-3,6H,4-5H2,1H3,(H,12,13). The number of carbonyl (C=O) groups is 1. The summed E-state index contributed by atoms with van der Waals surface area (Å²) in [6.45, 7) is 0. The minimum absolute atomic E-state index is 0.00413. The summed E-state index contributed by atoms with van der Waals surface area (Å²) in [6, 6.07) is 3.98. The van der Waals surface area contributed by atoms with Gasteiger partial charge < -0.3 is 5.11 Å². The van der Waals surface area contributed by atoms with Gasteiger partial charge in [0.15, 0.2) is 9.84 Å². The number of hydrogen-bond acceptors (Lipinski definition) is 4. The van der Waals surface area contributed by atoms with Gasteiger partial charge in [-0.05, 0) is 40.4 Å². The Balaban J connectivity index is 3.20. The summed E-state index contributed by atoms with van der Waals surface area (Å²) in [5, 5.41) is 8.83. The number of rotatable bonds is 5. The zero-order chi connectivity index (χ0) is 13.1. The van der Waals surface area contributed by atoms with E-state index in [2.05, 4.69) is 15.9 Å². The van der Waals surface area contributed by atoms with Gasteiger partial charge in [0.05, 0.1) is 16.2 Å². The van der Waals surface area contributed by atoms with Gasteiger partial charge in [0.25, 0.3) is 0 Å². The molecule has 1 N–H and O–H groups in total. The molecule has 0 aromatic heterocycles. The highest BCUT2D eigenvalue weighted by Crippen LogP contribution is 2.24. The Kier molecular flexibility index (Phi) is 5.03. The third kappa shape index (κ3) is 3.72. The van der Waals surface area contributed by atoms with E-state index in [1.807, 2.05) is 6.26 Å². The largest absolute Gasteiger partial charge is 0.478 e. The summed E-state index contributed by atoms with van der Waals surface area (Å²) >= 11 is 4.56. The zero-order valence-corrected chi connectivity index (χ0v) is 12.2. The molecule has 0 fully saturated rings. The van der Waals surface area contributed by atoms with Gasteiger partial charge in [-0.1, -0.05) is 0 Å². The fraction of sp³-hybridized carbons (Fsp3) is 0.300. The highest BCUT2D eigenvalue weighted by molar-refractivity contribution is 9.10. The van der Waals surface area contributed by atoms with Crippen LogP contribution in [0.4, 0.5) is 0 Å². The van der Waals surface area contributed by atoms with Crippen LogP contribution in [0, 0.1) is 0 Å². The van der Waals surface area contributed by atoms with Crippen LogP contribution >= 0.6 is 27.7 Å². The molecule has 7 heteroatoms. The first-order valence-electron chi connectivity index (χ1n) is 4.63. The van der Waals surface area contributed by atoms with Crippen LogP contribution in [0.25, 0.3) is 0 Å². The van der Waals surface area contributed by atoms with Crippen LogP contribution in [0.5, 0.6) is 0 Å². The van der Waals surface area contributed by atoms with Crippen LogP contribution in [0.3, 0.4) is 0 Å². The lowest BCUT2D eigenvalue weighted by atomic mass is 10.2. The second-order valence-corrected chi connectivity index (χ2v) is 7.18. The first kappa shape index (κ1) is 14.5. The van der Waals surface area contributed by atoms with Gasteiger partial charge in [-0.3, -0.25) is 0 Å². The maximum Gasteiger partial charge on any atom is 0.335 e. The fourth-order valence-electron chi connectivity index (χ4n) is 1.18. The van der Waals surface area contributed by atoms with Crippen LogP contribution in [-0.2, 0) is 9.84 Å². The lowest BCUT2D eigenvalue weighted by molar-refractivity contribution is 0.0696. The second-order valence-electron chi connectivity index (χ2n) is 3.26. The number of hydrogen-bond donors (Lipinski definition) is 1. The number of carboxylic acid groups (broad SMARTS) is 1. The van der Waals surface area contributed by atoms with E-state index in [0.717, 1.165) is 0 Å². The maximum atomic E-state index is 12.0. The molecule has 0 saturated carbocycles. The molecule has 1 rings (SSSR count). The van der Waals surface area contributed by atoms with Crippen molar-refractivity contribution in [3.05, 3.63) is 28.2 Å². The number of halogens is 1. The minimum atomic E-state index is -3.44. The molecule has 0 spiro atoms. The zero-order valence-electron chi connectivity index (χ0n) is 9.01. The van der Waals surface area contributed by atoms with E-state index in [1.165, 1.54) is 30.0 Å². The van der Waals surface area contributed by atoms with E-state index in [4.69, 9.17) is 5.11 Å². The summed E-state index contributed by atoms with van der Waals surface area (Å²) in [7, 11) is -3.44. The van der Waals surface area contributed by atoms with Crippen LogP contribution in [-0.4, -0.2) is 37.3 Å². The Morgan fingerprint density at radius 2 is 2.12 bits per heavy atom. The molecule has 1 aromatic carbocycles. The van der Waals surface area contributed by atoms with Crippen molar-refractivity contribution in [3.8, 4) is 0 Å². The lowest BCUT2D eigenvalue weighted by Gasteiger charge is -2.07. The number of thioether (sulfide) groups is 1. The molecular formula is C10H11BrO4S2. The van der Waals surface area contributed by atoms with Gasteiger partial charge in [0.2, 0.25) is 0 Å². The number of sulfone groups is 1. The Morgan fingerprint density at radius 1 is 1.47 bits per heavy atom. The summed E-state index contributed by atoms with van der Waals surface area (Å²) in [4.78, 5) is 10.8. The Labute approximate surface area is 112 Å². The van der Waals surface area contributed by atoms with E-state index >= 15 is 0 Å². The first-order chi connectivity index (χ1) is 7.88. The predicted octanol–water partition coefficient (Wildman–Crippen LogP) is 2.28. The molecule has 0 bridgehead atoms. The van der Waals surface area contributed by atoms with Crippen molar-refractivity contribution in [2.75, 3.05) is 17.8 Å². The fourth-order valence-corrected chi connectivity index (χ4v) is 4.60. The molecule has 0 unspecified atom stereocenters. The van der Waals surface area contributed by atoms with Gasteiger partial charge in [-0.2, -0.15) is 11.8 Å². The highest BCUT2D eigenvalue weighted by Gasteiger charge is 2.19. The van der Waals surface area contributed by atoms with Crippen LogP contribution < -0.4 is 0 Å². The van der Waals surface area contributed by atoms with Crippen LogP contribution in [0.15, 0.2) is 27.6 Å². The van der Waals surface area contributed by atoms with Crippen LogP contribution in [0.2, 0.25) is 0 Å². The van der Waals surface area contributed by atoms with Gasteiger partial charge in [-0.25, -0.2) is 13.2 Å². The van der Waals surface area contributed by atoms with E-state index in [1.54, 1.807) is 0 Å². The van der Waals surface area contributed by atoms with Crippen molar-refractivity contribution >= 4 is 43.5 Å². The Hall–Kier alpha value is -0.530. The maximum absolute atomic E-state index is 12.0. The van der Waals surface area contributed by atoms with Gasteiger partial charge in [-0.15, -0.1) is 0 Å². The number of carboxylic acids is 1. The normalized spacial score (nSPS) is 11.4. The first-order valence-corrected chi connectivity index (χ1v) is 8.47. The highest BCUT2D eigenvalue weighted by atomic mass is 79.9. The van der Waals surface area contributed by atoms with Crippen molar-refractivity contribution in [3.63, 3.8) is 0 Å². The van der Waals surface area contributed by atoms with Crippen LogP contribution in [0.1, 0.15) is 10.4 Å². The molecule has 0 amide bonds. The second kappa shape index (κ2) is 5.88. The van der Waals surface area contributed by atoms with E-state index in [0.29, 0.717) is 10.2 Å². The Bertz CT molecular complexity index is 525. The predicted molar refractivity (Wildman–Crippen MR) is 71.5 cm³/mol. The summed E-state index contributed by atoms with van der Waals surface area (Å²) < 4.78 is 24.3. The third-order valence-electron chi connectivity index (χ3n) is 2.07. The number of benzene rings is 1. The van der Waals surface area contributed by atoms with Crippen molar-refractivity contribution in [1.82, 2.24) is 0 Å². The van der Waals surface area contributed by atoms with Gasteiger partial charge >= 0.3 is 5.97 Å². The van der Waals surface area contributed by atoms with Crippen molar-refractivity contribution < 1.29 is 18.3 Å². The molecule has 17 heavy (non-hydrogen) atoms. The van der Waals surface area contributed by atoms with Crippen molar-refractivity contribution in [2.45, 2.75) is 4.90 Å². The Morgan fingerprint density at radius 3 is 2.65 bits per heavy atom. The lowest BCUT2D eigenvalue weighted by Crippen LogP contribution is -2.10. The summed E-state index contributed by atoms with van der Waals surface area (Å²) in [6.07, 6.45) is 1.82. The van der Waals surface area contributed by atoms with Crippen molar-refractivity contribution in [2.24, 2.45) is 0 Å². The molecule has 1 aromatic rings. The molecule has 0 aliphatic heterocycles. The van der Waals surface area contributed by atoms with Crippen molar-refractivity contribution in [1.29, 1.82) is 0 Å². The molecule has 94 valence electrons.